The van der Waals surface area contributed by atoms with Crippen LogP contribution in [0.5, 0.6) is 5.75 Å². The number of fused-ring (bicyclic) bond motifs is 1. The van der Waals surface area contributed by atoms with Crippen molar-refractivity contribution in [2.75, 3.05) is 7.11 Å². The molecule has 2 heterocycles. The monoisotopic (exact) mass is 286 g/mol. The van der Waals surface area contributed by atoms with Crippen molar-refractivity contribution in [2.45, 2.75) is 26.3 Å². The number of methoxy groups -OCH3 is 1. The van der Waals surface area contributed by atoms with Crippen molar-refractivity contribution < 1.29 is 14.6 Å². The largest absolute Gasteiger partial charge is 0.497 e. The summed E-state index contributed by atoms with van der Waals surface area (Å²) in [6.07, 6.45) is 1.17. The fourth-order valence-electron chi connectivity index (χ4n) is 2.88. The average molecular weight is 286 g/mol. The van der Waals surface area contributed by atoms with Crippen LogP contribution in [0.2, 0.25) is 0 Å². The van der Waals surface area contributed by atoms with Crippen LogP contribution in [0.15, 0.2) is 24.3 Å². The second-order valence-corrected chi connectivity index (χ2v) is 5.37. The fourth-order valence-corrected chi connectivity index (χ4v) is 2.88. The first-order valence-electron chi connectivity index (χ1n) is 7.03. The third-order valence-corrected chi connectivity index (χ3v) is 4.14. The zero-order valence-corrected chi connectivity index (χ0v) is 12.2. The molecule has 110 valence electrons. The number of carboxylic acid groups (broad SMARTS) is 1. The Hall–Kier alpha value is -2.30. The predicted molar refractivity (Wildman–Crippen MR) is 78.4 cm³/mol. The summed E-state index contributed by atoms with van der Waals surface area (Å²) in [5.41, 5.74) is 3.06. The number of aliphatic carboxylic acids is 1. The van der Waals surface area contributed by atoms with Crippen LogP contribution >= 0.6 is 0 Å². The lowest BCUT2D eigenvalue weighted by Gasteiger charge is -2.20. The summed E-state index contributed by atoms with van der Waals surface area (Å²) in [6.45, 7) is 2.76. The second-order valence-electron chi connectivity index (χ2n) is 5.37. The first-order valence-corrected chi connectivity index (χ1v) is 7.03. The van der Waals surface area contributed by atoms with Gasteiger partial charge in [-0.05, 0) is 37.6 Å². The molecule has 0 fully saturated rings. The summed E-state index contributed by atoms with van der Waals surface area (Å²) in [6, 6.07) is 7.78. The first kappa shape index (κ1) is 13.7. The molecule has 0 saturated heterocycles. The van der Waals surface area contributed by atoms with Gasteiger partial charge in [0.2, 0.25) is 0 Å². The lowest BCUT2D eigenvalue weighted by Crippen LogP contribution is -2.26. The zero-order chi connectivity index (χ0) is 15.0. The maximum absolute atomic E-state index is 11.1. The van der Waals surface area contributed by atoms with Gasteiger partial charge in [-0.3, -0.25) is 4.79 Å². The summed E-state index contributed by atoms with van der Waals surface area (Å²) in [7, 11) is 1.64. The molecule has 0 spiro atoms. The average Bonchev–Trinajstić information content (AvgIpc) is 2.84. The Morgan fingerprint density at radius 2 is 2.10 bits per heavy atom. The van der Waals surface area contributed by atoms with E-state index >= 15 is 0 Å². The molecule has 0 radical (unpaired) electrons. The van der Waals surface area contributed by atoms with Crippen LogP contribution in [0, 0.1) is 12.8 Å². The quantitative estimate of drug-likeness (QED) is 0.941. The number of imidazole rings is 1. The van der Waals surface area contributed by atoms with E-state index in [4.69, 9.17) is 9.84 Å². The van der Waals surface area contributed by atoms with Crippen molar-refractivity contribution in [3.8, 4) is 17.0 Å². The van der Waals surface area contributed by atoms with Crippen molar-refractivity contribution >= 4 is 5.97 Å². The van der Waals surface area contributed by atoms with Crippen molar-refractivity contribution in [3.05, 3.63) is 35.8 Å². The van der Waals surface area contributed by atoms with Crippen molar-refractivity contribution in [1.29, 1.82) is 0 Å². The van der Waals surface area contributed by atoms with E-state index in [0.717, 1.165) is 35.1 Å². The summed E-state index contributed by atoms with van der Waals surface area (Å²) in [5, 5.41) is 9.16. The molecule has 1 unspecified atom stereocenters. The second kappa shape index (κ2) is 5.24. The van der Waals surface area contributed by atoms with Gasteiger partial charge >= 0.3 is 5.97 Å². The van der Waals surface area contributed by atoms with Crippen molar-refractivity contribution in [3.63, 3.8) is 0 Å². The van der Waals surface area contributed by atoms with Gasteiger partial charge in [-0.1, -0.05) is 0 Å². The number of hydrogen-bond acceptors (Lipinski definition) is 3. The van der Waals surface area contributed by atoms with Gasteiger partial charge in [0.25, 0.3) is 0 Å². The van der Waals surface area contributed by atoms with Crippen LogP contribution in [0.25, 0.3) is 11.3 Å². The van der Waals surface area contributed by atoms with Gasteiger partial charge in [0.05, 0.1) is 18.7 Å². The highest BCUT2D eigenvalue weighted by Crippen LogP contribution is 2.29. The maximum Gasteiger partial charge on any atom is 0.307 e. The lowest BCUT2D eigenvalue weighted by atomic mass is 9.98. The molecule has 5 heteroatoms. The number of hydrogen-bond donors (Lipinski definition) is 1. The van der Waals surface area contributed by atoms with Crippen molar-refractivity contribution in [1.82, 2.24) is 9.55 Å². The topological polar surface area (TPSA) is 64.4 Å². The standard InChI is InChI=1S/C16H18N2O3/c1-10-15(11-3-5-13(21-2)6-4-11)17-14-9-12(16(19)20)7-8-18(10)14/h3-6,12H,7-9H2,1-2H3,(H,19,20). The molecular weight excluding hydrogens is 268 g/mol. The number of nitrogens with zero attached hydrogens (tertiary/aromatic N) is 2. The lowest BCUT2D eigenvalue weighted by molar-refractivity contribution is -0.142. The highest BCUT2D eigenvalue weighted by molar-refractivity contribution is 5.70. The van der Waals surface area contributed by atoms with E-state index in [1.54, 1.807) is 7.11 Å². The SMILES string of the molecule is COc1ccc(-c2nc3n(c2C)CCC(C(=O)O)C3)cc1. The number of ether oxygens (including phenoxy) is 1. The Morgan fingerprint density at radius 3 is 2.71 bits per heavy atom. The van der Waals surface area contributed by atoms with E-state index < -0.39 is 5.97 Å². The summed E-state index contributed by atoms with van der Waals surface area (Å²) >= 11 is 0. The smallest absolute Gasteiger partial charge is 0.307 e. The van der Waals surface area contributed by atoms with E-state index in [2.05, 4.69) is 9.55 Å². The molecule has 1 aromatic carbocycles. The minimum absolute atomic E-state index is 0.317. The zero-order valence-electron chi connectivity index (χ0n) is 12.2. The van der Waals surface area contributed by atoms with Gasteiger partial charge in [0.15, 0.2) is 0 Å². The van der Waals surface area contributed by atoms with Gasteiger partial charge in [0, 0.05) is 24.2 Å². The highest BCUT2D eigenvalue weighted by Gasteiger charge is 2.27. The van der Waals surface area contributed by atoms with Crippen molar-refractivity contribution in [2.24, 2.45) is 5.92 Å². The highest BCUT2D eigenvalue weighted by atomic mass is 16.5. The molecule has 21 heavy (non-hydrogen) atoms. The fraction of sp³-hybridized carbons (Fsp3) is 0.375. The molecule has 1 aromatic heterocycles. The third-order valence-electron chi connectivity index (χ3n) is 4.14. The minimum Gasteiger partial charge on any atom is -0.497 e. The predicted octanol–water partition coefficient (Wildman–Crippen LogP) is 2.51. The molecule has 1 N–H and O–H groups in total. The Labute approximate surface area is 123 Å². The van der Waals surface area contributed by atoms with Gasteiger partial charge in [0.1, 0.15) is 11.6 Å². The van der Waals surface area contributed by atoms with E-state index in [-0.39, 0.29) is 5.92 Å². The molecule has 0 saturated carbocycles. The number of carbonyl (C=O) groups is 1. The van der Waals surface area contributed by atoms with E-state index in [0.29, 0.717) is 12.8 Å². The molecule has 0 aliphatic carbocycles. The Kier molecular flexibility index (Phi) is 3.41. The van der Waals surface area contributed by atoms with Crippen LogP contribution in [-0.4, -0.2) is 27.7 Å². The normalized spacial score (nSPS) is 17.3. The van der Waals surface area contributed by atoms with Crippen LogP contribution < -0.4 is 4.74 Å². The number of aromatic nitrogens is 2. The van der Waals surface area contributed by atoms with Gasteiger partial charge in [-0.2, -0.15) is 0 Å². The first-order chi connectivity index (χ1) is 10.1. The molecule has 5 nitrogen and oxygen atoms in total. The molecule has 1 atom stereocenters. The Bertz CT molecular complexity index is 674. The van der Waals surface area contributed by atoms with Gasteiger partial charge < -0.3 is 14.4 Å². The van der Waals surface area contributed by atoms with Crippen LogP contribution in [0.4, 0.5) is 0 Å². The molecular formula is C16H18N2O3. The molecule has 2 aromatic rings. The van der Waals surface area contributed by atoms with Gasteiger partial charge in [-0.25, -0.2) is 4.98 Å². The summed E-state index contributed by atoms with van der Waals surface area (Å²) in [5.74, 6) is 0.638. The van der Waals surface area contributed by atoms with E-state index in [1.807, 2.05) is 31.2 Å². The molecule has 0 amide bonds. The Morgan fingerprint density at radius 1 is 1.38 bits per heavy atom. The molecule has 3 rings (SSSR count). The molecule has 0 bridgehead atoms. The Balaban J connectivity index is 1.96. The molecule has 1 aliphatic heterocycles. The van der Waals surface area contributed by atoms with Gasteiger partial charge in [-0.15, -0.1) is 0 Å². The van der Waals surface area contributed by atoms with Crippen LogP contribution in [0.3, 0.4) is 0 Å². The number of benzene rings is 1. The van der Waals surface area contributed by atoms with Crippen LogP contribution in [-0.2, 0) is 17.8 Å². The maximum atomic E-state index is 11.1. The summed E-state index contributed by atoms with van der Waals surface area (Å²) in [4.78, 5) is 15.8. The molecule has 1 aliphatic rings. The summed E-state index contributed by atoms with van der Waals surface area (Å²) < 4.78 is 7.30. The van der Waals surface area contributed by atoms with E-state index in [1.165, 1.54) is 0 Å². The van der Waals surface area contributed by atoms with E-state index in [9.17, 15) is 4.79 Å². The minimum atomic E-state index is -0.729. The third kappa shape index (κ3) is 2.39. The number of carboxylic acids is 1. The van der Waals surface area contributed by atoms with Crippen LogP contribution in [0.1, 0.15) is 17.9 Å². The number of rotatable bonds is 3.